The number of carbonyl (C=O) groups excluding carboxylic acids is 2. The molecule has 0 aromatic heterocycles. The summed E-state index contributed by atoms with van der Waals surface area (Å²) in [6.07, 6.45) is 96.3. The third-order valence-corrected chi connectivity index (χ3v) is 15.3. The number of allylic oxidation sites excluding steroid dienone is 24. The average molecular weight is 1210 g/mol. The molecule has 2 unspecified atom stereocenters. The molecule has 0 radical (unpaired) electrons. The Kier molecular flexibility index (Phi) is 62.2. The predicted octanol–water partition coefficient (Wildman–Crippen LogP) is 22.0. The average Bonchev–Trinajstić information content (AvgIpc) is 3.70. The lowest BCUT2D eigenvalue weighted by atomic mass is 10.0. The third-order valence-electron chi connectivity index (χ3n) is 14.4. The van der Waals surface area contributed by atoms with Gasteiger partial charge in [0.05, 0.1) is 27.7 Å². The largest absolute Gasteiger partial charge is 0.756 e. The van der Waals surface area contributed by atoms with E-state index >= 15 is 0 Å². The van der Waals surface area contributed by atoms with Crippen LogP contribution in [-0.4, -0.2) is 70.0 Å². The van der Waals surface area contributed by atoms with Crippen LogP contribution in [0.2, 0.25) is 0 Å². The van der Waals surface area contributed by atoms with Gasteiger partial charge in [-0.25, -0.2) is 0 Å². The van der Waals surface area contributed by atoms with Gasteiger partial charge < -0.3 is 27.9 Å². The number of hydrogen-bond donors (Lipinski definition) is 0. The first kappa shape index (κ1) is 81.9. The van der Waals surface area contributed by atoms with Crippen molar-refractivity contribution in [2.75, 3.05) is 47.5 Å². The van der Waals surface area contributed by atoms with Gasteiger partial charge >= 0.3 is 11.9 Å². The lowest BCUT2D eigenvalue weighted by Crippen LogP contribution is -2.37. The first-order valence-electron chi connectivity index (χ1n) is 34.5. The van der Waals surface area contributed by atoms with Crippen LogP contribution in [0.25, 0.3) is 0 Å². The number of likely N-dealkylation sites (N-methyl/N-ethyl adjacent to an activating group) is 1. The molecule has 0 bridgehead atoms. The van der Waals surface area contributed by atoms with Gasteiger partial charge in [-0.15, -0.1) is 0 Å². The van der Waals surface area contributed by atoms with Gasteiger partial charge in [0.2, 0.25) is 0 Å². The number of hydrogen-bond acceptors (Lipinski definition) is 8. The number of ether oxygens (including phenoxy) is 2. The van der Waals surface area contributed by atoms with E-state index in [4.69, 9.17) is 18.5 Å². The molecule has 0 aromatic carbocycles. The van der Waals surface area contributed by atoms with Crippen molar-refractivity contribution in [2.45, 2.75) is 277 Å². The summed E-state index contributed by atoms with van der Waals surface area (Å²) in [5, 5.41) is 0. The second-order valence-corrected chi connectivity index (χ2v) is 25.2. The van der Waals surface area contributed by atoms with Gasteiger partial charge in [0.25, 0.3) is 7.82 Å². The Hall–Kier alpha value is -4.11. The SMILES string of the molecule is CC/C=C\C/C=C\C/C=C\C/C=C\C/C=C\C/C=C\C/C=C\C/C=C\CCCCCCCCCCC(=O)OC(COC(=O)CCCCCCCCCCCCCCCCCC/C=C\C/C=C\C/C=C\C/C=C\CC)COP(=O)([O-])OCC[N+](C)(C)C. The maximum absolute atomic E-state index is 12.9. The van der Waals surface area contributed by atoms with Crippen LogP contribution >= 0.6 is 7.82 Å². The van der Waals surface area contributed by atoms with E-state index in [2.05, 4.69) is 160 Å². The van der Waals surface area contributed by atoms with Gasteiger partial charge in [-0.1, -0.05) is 288 Å². The first-order chi connectivity index (χ1) is 42.0. The van der Waals surface area contributed by atoms with E-state index in [0.717, 1.165) is 122 Å². The molecule has 0 fully saturated rings. The highest BCUT2D eigenvalue weighted by Gasteiger charge is 2.22. The molecule has 0 saturated carbocycles. The van der Waals surface area contributed by atoms with Gasteiger partial charge in [0.1, 0.15) is 19.8 Å². The van der Waals surface area contributed by atoms with Crippen LogP contribution in [0.3, 0.4) is 0 Å². The van der Waals surface area contributed by atoms with Crippen LogP contribution in [0, 0.1) is 0 Å². The minimum absolute atomic E-state index is 0.0390. The number of quaternary nitrogens is 1. The minimum Gasteiger partial charge on any atom is -0.756 e. The second kappa shape index (κ2) is 65.3. The van der Waals surface area contributed by atoms with Crippen LogP contribution in [0.4, 0.5) is 0 Å². The van der Waals surface area contributed by atoms with E-state index in [0.29, 0.717) is 17.4 Å². The highest BCUT2D eigenvalue weighted by molar-refractivity contribution is 7.45. The highest BCUT2D eigenvalue weighted by Crippen LogP contribution is 2.38. The van der Waals surface area contributed by atoms with Crippen LogP contribution in [0.1, 0.15) is 271 Å². The third kappa shape index (κ3) is 69.0. The van der Waals surface area contributed by atoms with E-state index in [1.165, 1.54) is 116 Å². The maximum atomic E-state index is 12.9. The van der Waals surface area contributed by atoms with Crippen molar-refractivity contribution < 1.29 is 42.1 Å². The van der Waals surface area contributed by atoms with Crippen LogP contribution < -0.4 is 4.89 Å². The lowest BCUT2D eigenvalue weighted by molar-refractivity contribution is -0.870. The van der Waals surface area contributed by atoms with Crippen molar-refractivity contribution in [1.82, 2.24) is 0 Å². The van der Waals surface area contributed by atoms with Crippen LogP contribution in [0.15, 0.2) is 146 Å². The van der Waals surface area contributed by atoms with Crippen molar-refractivity contribution in [3.8, 4) is 0 Å². The monoisotopic (exact) mass is 1210 g/mol. The number of nitrogens with zero attached hydrogens (tertiary/aromatic N) is 1. The fourth-order valence-corrected chi connectivity index (χ4v) is 9.86. The quantitative estimate of drug-likeness (QED) is 0.0195. The Bertz CT molecular complexity index is 1960. The number of rotatable bonds is 62. The molecular weight excluding hydrogens is 1090 g/mol. The van der Waals surface area contributed by atoms with E-state index in [9.17, 15) is 19.0 Å². The van der Waals surface area contributed by atoms with E-state index in [1.54, 1.807) is 0 Å². The summed E-state index contributed by atoms with van der Waals surface area (Å²) in [5.74, 6) is -0.845. The topological polar surface area (TPSA) is 111 Å². The number of phosphoric ester groups is 1. The Morgan fingerprint density at radius 1 is 0.360 bits per heavy atom. The molecular formula is C76H128NO8P. The van der Waals surface area contributed by atoms with Gasteiger partial charge in [0.15, 0.2) is 6.10 Å². The Labute approximate surface area is 529 Å². The normalized spacial score (nSPS) is 14.1. The summed E-state index contributed by atoms with van der Waals surface area (Å²) in [6.45, 7) is 4.01. The zero-order valence-corrected chi connectivity index (χ0v) is 56.6. The summed E-state index contributed by atoms with van der Waals surface area (Å²) >= 11 is 0. The van der Waals surface area contributed by atoms with Crippen LogP contribution in [0.5, 0.6) is 0 Å². The standard InChI is InChI=1S/C76H128NO8P/c1-6-8-10-12-14-16-18-20-22-24-26-28-30-32-34-36-37-38-39-41-43-45-47-49-51-53-55-57-59-61-63-65-67-69-76(79)85-74(73-84-86(80,81)83-71-70-77(3,4)5)72-82-75(78)68-66-64-62-60-58-56-54-52-50-48-46-44-42-40-35-33-31-29-27-25-23-21-19-17-15-13-11-9-7-2/h8-11,14-17,20-23,26-29,32,34,37-38,41,43,47,49,74H,6-7,12-13,18-19,24-25,30-31,33,35-36,39-40,42,44-46,48,50-73H2,1-5H3/b10-8-,11-9-,16-14-,17-15-,22-20-,23-21-,28-26-,29-27-,34-32-,38-37-,43-41-,49-47-. The fourth-order valence-electron chi connectivity index (χ4n) is 9.14. The number of unbranched alkanes of at least 4 members (excludes halogenated alkanes) is 24. The number of esters is 2. The zero-order chi connectivity index (χ0) is 62.6. The molecule has 0 aliphatic heterocycles. The molecule has 0 aliphatic rings. The Morgan fingerprint density at radius 3 is 0.930 bits per heavy atom. The highest BCUT2D eigenvalue weighted by atomic mass is 31.2. The molecule has 0 N–H and O–H groups in total. The summed E-state index contributed by atoms with van der Waals surface area (Å²) in [6, 6.07) is 0. The second-order valence-electron chi connectivity index (χ2n) is 23.8. The van der Waals surface area contributed by atoms with Crippen molar-refractivity contribution in [3.05, 3.63) is 146 Å². The van der Waals surface area contributed by atoms with Crippen molar-refractivity contribution in [2.24, 2.45) is 0 Å². The summed E-state index contributed by atoms with van der Waals surface area (Å²) in [4.78, 5) is 38.1. The summed E-state index contributed by atoms with van der Waals surface area (Å²) in [5.41, 5.74) is 0. The van der Waals surface area contributed by atoms with Gasteiger partial charge in [-0.05, 0) is 116 Å². The van der Waals surface area contributed by atoms with Crippen molar-refractivity contribution in [3.63, 3.8) is 0 Å². The molecule has 2 atom stereocenters. The molecule has 0 aliphatic carbocycles. The zero-order valence-electron chi connectivity index (χ0n) is 55.7. The molecule has 0 rings (SSSR count). The summed E-state index contributed by atoms with van der Waals surface area (Å²) < 4.78 is 34.3. The van der Waals surface area contributed by atoms with Gasteiger partial charge in [-0.2, -0.15) is 0 Å². The smallest absolute Gasteiger partial charge is 0.306 e. The fraction of sp³-hybridized carbons (Fsp3) is 0.658. The maximum Gasteiger partial charge on any atom is 0.306 e. The van der Waals surface area contributed by atoms with E-state index in [-0.39, 0.29) is 32.0 Å². The molecule has 0 saturated heterocycles. The lowest BCUT2D eigenvalue weighted by Gasteiger charge is -2.28. The van der Waals surface area contributed by atoms with E-state index < -0.39 is 26.5 Å². The Morgan fingerprint density at radius 2 is 0.628 bits per heavy atom. The van der Waals surface area contributed by atoms with Crippen LogP contribution in [-0.2, 0) is 32.7 Å². The van der Waals surface area contributed by atoms with Crippen molar-refractivity contribution >= 4 is 19.8 Å². The number of phosphoric acid groups is 1. The molecule has 10 heteroatoms. The predicted molar refractivity (Wildman–Crippen MR) is 369 cm³/mol. The molecule has 0 amide bonds. The van der Waals surface area contributed by atoms with E-state index in [1.807, 2.05) is 21.1 Å². The molecule has 490 valence electrons. The number of carbonyl (C=O) groups is 2. The molecule has 9 nitrogen and oxygen atoms in total. The Balaban J connectivity index is 4.12. The first-order valence-corrected chi connectivity index (χ1v) is 36.0. The molecule has 0 spiro atoms. The van der Waals surface area contributed by atoms with Crippen molar-refractivity contribution in [1.29, 1.82) is 0 Å². The molecule has 0 aromatic rings. The molecule has 86 heavy (non-hydrogen) atoms. The van der Waals surface area contributed by atoms with Gasteiger partial charge in [0, 0.05) is 12.8 Å². The summed E-state index contributed by atoms with van der Waals surface area (Å²) in [7, 11) is 1.15. The van der Waals surface area contributed by atoms with Gasteiger partial charge in [-0.3, -0.25) is 14.2 Å². The minimum atomic E-state index is -4.65. The molecule has 0 heterocycles.